The number of non-ortho nitro benzene ring substituents is 1. The normalized spacial score (nSPS) is 12.6. The van der Waals surface area contributed by atoms with E-state index in [1.54, 1.807) is 12.1 Å². The summed E-state index contributed by atoms with van der Waals surface area (Å²) < 4.78 is 0. The molecule has 2 aromatic rings. The van der Waals surface area contributed by atoms with Crippen molar-refractivity contribution >= 4 is 5.69 Å². The summed E-state index contributed by atoms with van der Waals surface area (Å²) in [6.45, 7) is 4.02. The first-order valence-corrected chi connectivity index (χ1v) is 6.37. The second-order valence-electron chi connectivity index (χ2n) is 5.01. The predicted octanol–water partition coefficient (Wildman–Crippen LogP) is 1.96. The van der Waals surface area contributed by atoms with E-state index in [9.17, 15) is 10.1 Å². The van der Waals surface area contributed by atoms with Gasteiger partial charge in [-0.2, -0.15) is 5.10 Å². The van der Waals surface area contributed by atoms with Crippen LogP contribution in [0, 0.1) is 16.0 Å². The molecule has 7 heteroatoms. The zero-order chi connectivity index (χ0) is 14.7. The molecule has 1 aromatic heterocycles. The monoisotopic (exact) mass is 275 g/mol. The van der Waals surface area contributed by atoms with Crippen LogP contribution in [0.5, 0.6) is 0 Å². The van der Waals surface area contributed by atoms with E-state index in [1.165, 1.54) is 12.1 Å². The number of nitrogens with two attached hydrogens (primary N) is 1. The van der Waals surface area contributed by atoms with Crippen LogP contribution in [0.15, 0.2) is 24.3 Å². The van der Waals surface area contributed by atoms with Gasteiger partial charge < -0.3 is 5.73 Å². The first-order chi connectivity index (χ1) is 9.47. The Bertz CT molecular complexity index is 591. The highest BCUT2D eigenvalue weighted by molar-refractivity contribution is 5.33. The first kappa shape index (κ1) is 14.1. The van der Waals surface area contributed by atoms with E-state index in [2.05, 4.69) is 15.2 Å². The molecule has 0 radical (unpaired) electrons. The van der Waals surface area contributed by atoms with Gasteiger partial charge in [0.25, 0.3) is 5.69 Å². The van der Waals surface area contributed by atoms with E-state index < -0.39 is 4.92 Å². The molecule has 2 rings (SSSR count). The highest BCUT2D eigenvalue weighted by Crippen LogP contribution is 2.17. The maximum atomic E-state index is 10.6. The molecule has 0 aliphatic carbocycles. The van der Waals surface area contributed by atoms with Crippen molar-refractivity contribution in [1.82, 2.24) is 15.2 Å². The highest BCUT2D eigenvalue weighted by Gasteiger charge is 2.16. The number of nitrogens with zero attached hydrogens (tertiary/aromatic N) is 3. The molecule has 0 spiro atoms. The summed E-state index contributed by atoms with van der Waals surface area (Å²) in [5.74, 6) is 1.56. The van der Waals surface area contributed by atoms with Crippen molar-refractivity contribution in [3.05, 3.63) is 51.6 Å². The fourth-order valence-electron chi connectivity index (χ4n) is 1.77. The van der Waals surface area contributed by atoms with Crippen LogP contribution in [0.25, 0.3) is 0 Å². The predicted molar refractivity (Wildman–Crippen MR) is 74.1 cm³/mol. The van der Waals surface area contributed by atoms with Crippen molar-refractivity contribution in [2.24, 2.45) is 11.7 Å². The van der Waals surface area contributed by atoms with Crippen molar-refractivity contribution in [3.8, 4) is 0 Å². The fourth-order valence-corrected chi connectivity index (χ4v) is 1.77. The van der Waals surface area contributed by atoms with Gasteiger partial charge >= 0.3 is 0 Å². The molecular weight excluding hydrogens is 258 g/mol. The van der Waals surface area contributed by atoms with E-state index >= 15 is 0 Å². The zero-order valence-corrected chi connectivity index (χ0v) is 11.4. The maximum absolute atomic E-state index is 10.6. The number of hydrogen-bond acceptors (Lipinski definition) is 5. The van der Waals surface area contributed by atoms with Gasteiger partial charge in [0.2, 0.25) is 0 Å². The molecule has 7 nitrogen and oxygen atoms in total. The molecular formula is C13H17N5O2. The summed E-state index contributed by atoms with van der Waals surface area (Å²) in [4.78, 5) is 14.5. The van der Waals surface area contributed by atoms with Crippen LogP contribution in [-0.4, -0.2) is 20.1 Å². The summed E-state index contributed by atoms with van der Waals surface area (Å²) in [5, 5.41) is 17.5. The molecule has 1 heterocycles. The van der Waals surface area contributed by atoms with Gasteiger partial charge in [0, 0.05) is 18.6 Å². The van der Waals surface area contributed by atoms with Crippen LogP contribution in [-0.2, 0) is 6.42 Å². The van der Waals surface area contributed by atoms with Crippen LogP contribution in [0.3, 0.4) is 0 Å². The third kappa shape index (κ3) is 3.18. The van der Waals surface area contributed by atoms with Gasteiger partial charge in [-0.25, -0.2) is 4.98 Å². The Labute approximate surface area is 116 Å². The molecule has 1 atom stereocenters. The standard InChI is InChI=1S/C13H17N5O2/c1-8(2)12(14)13-15-11(16-17-13)7-9-3-5-10(6-4-9)18(19)20/h3-6,8,12H,7,14H2,1-2H3,(H,15,16,17)/t12-/m0/s1. The molecule has 0 fully saturated rings. The SMILES string of the molecule is CC(C)[C@H](N)c1n[nH]c(Cc2ccc([N+](=O)[O-])cc2)n1. The number of nitro benzene ring substituents is 1. The Morgan fingerprint density at radius 1 is 1.35 bits per heavy atom. The van der Waals surface area contributed by atoms with Gasteiger partial charge in [0.15, 0.2) is 5.82 Å². The van der Waals surface area contributed by atoms with Crippen LogP contribution in [0.2, 0.25) is 0 Å². The molecule has 0 saturated heterocycles. The molecule has 0 aliphatic rings. The molecule has 0 unspecified atom stereocenters. The number of rotatable bonds is 5. The third-order valence-electron chi connectivity index (χ3n) is 3.08. The molecule has 20 heavy (non-hydrogen) atoms. The first-order valence-electron chi connectivity index (χ1n) is 6.37. The van der Waals surface area contributed by atoms with Gasteiger partial charge in [-0.1, -0.05) is 26.0 Å². The topological polar surface area (TPSA) is 111 Å². The fraction of sp³-hybridized carbons (Fsp3) is 0.385. The Kier molecular flexibility index (Phi) is 4.09. The molecule has 0 bridgehead atoms. The Balaban J connectivity index is 2.08. The molecule has 1 aromatic carbocycles. The molecule has 0 saturated carbocycles. The summed E-state index contributed by atoms with van der Waals surface area (Å²) >= 11 is 0. The lowest BCUT2D eigenvalue weighted by Gasteiger charge is -2.10. The largest absolute Gasteiger partial charge is 0.321 e. The van der Waals surface area contributed by atoms with Crippen LogP contribution >= 0.6 is 0 Å². The summed E-state index contributed by atoms with van der Waals surface area (Å²) in [7, 11) is 0. The number of benzene rings is 1. The molecule has 0 amide bonds. The Hall–Kier alpha value is -2.28. The van der Waals surface area contributed by atoms with Gasteiger partial charge in [0.05, 0.1) is 11.0 Å². The number of H-pyrrole nitrogens is 1. The molecule has 106 valence electrons. The number of nitrogens with one attached hydrogen (secondary N) is 1. The summed E-state index contributed by atoms with van der Waals surface area (Å²) in [6.07, 6.45) is 0.538. The van der Waals surface area contributed by atoms with Crippen molar-refractivity contribution in [3.63, 3.8) is 0 Å². The second-order valence-corrected chi connectivity index (χ2v) is 5.01. The van der Waals surface area contributed by atoms with E-state index in [4.69, 9.17) is 5.73 Å². The van der Waals surface area contributed by atoms with E-state index in [0.29, 0.717) is 18.1 Å². The lowest BCUT2D eigenvalue weighted by molar-refractivity contribution is -0.384. The van der Waals surface area contributed by atoms with Crippen LogP contribution < -0.4 is 5.73 Å². The Morgan fingerprint density at radius 3 is 2.55 bits per heavy atom. The van der Waals surface area contributed by atoms with Gasteiger partial charge in [-0.3, -0.25) is 15.2 Å². The lowest BCUT2D eigenvalue weighted by Crippen LogP contribution is -2.18. The third-order valence-corrected chi connectivity index (χ3v) is 3.08. The molecule has 3 N–H and O–H groups in total. The van der Waals surface area contributed by atoms with Crippen molar-refractivity contribution in [2.75, 3.05) is 0 Å². The number of aromatic nitrogens is 3. The van der Waals surface area contributed by atoms with Gasteiger partial charge in [0.1, 0.15) is 5.82 Å². The van der Waals surface area contributed by atoms with E-state index in [1.807, 2.05) is 13.8 Å². The van der Waals surface area contributed by atoms with E-state index in [-0.39, 0.29) is 17.6 Å². The minimum atomic E-state index is -0.419. The van der Waals surface area contributed by atoms with Crippen molar-refractivity contribution in [2.45, 2.75) is 26.3 Å². The number of aromatic amines is 1. The minimum Gasteiger partial charge on any atom is -0.321 e. The smallest absolute Gasteiger partial charge is 0.269 e. The quantitative estimate of drug-likeness (QED) is 0.640. The summed E-state index contributed by atoms with van der Waals surface area (Å²) in [5.41, 5.74) is 6.98. The second kappa shape index (κ2) is 5.79. The average Bonchev–Trinajstić information content (AvgIpc) is 2.86. The number of hydrogen-bond donors (Lipinski definition) is 2. The van der Waals surface area contributed by atoms with Gasteiger partial charge in [-0.15, -0.1) is 0 Å². The Morgan fingerprint density at radius 2 is 2.00 bits per heavy atom. The number of nitro groups is 1. The lowest BCUT2D eigenvalue weighted by atomic mass is 10.1. The average molecular weight is 275 g/mol. The van der Waals surface area contributed by atoms with E-state index in [0.717, 1.165) is 5.56 Å². The van der Waals surface area contributed by atoms with Crippen molar-refractivity contribution < 1.29 is 4.92 Å². The van der Waals surface area contributed by atoms with Crippen molar-refractivity contribution in [1.29, 1.82) is 0 Å². The zero-order valence-electron chi connectivity index (χ0n) is 11.4. The maximum Gasteiger partial charge on any atom is 0.269 e. The molecule has 0 aliphatic heterocycles. The summed E-state index contributed by atoms with van der Waals surface area (Å²) in [6, 6.07) is 6.18. The highest BCUT2D eigenvalue weighted by atomic mass is 16.6. The van der Waals surface area contributed by atoms with Crippen LogP contribution in [0.1, 0.15) is 37.1 Å². The van der Waals surface area contributed by atoms with Crippen LogP contribution in [0.4, 0.5) is 5.69 Å². The minimum absolute atomic E-state index is 0.0776. The van der Waals surface area contributed by atoms with Gasteiger partial charge in [-0.05, 0) is 11.5 Å².